The van der Waals surface area contributed by atoms with Gasteiger partial charge in [-0.3, -0.25) is 4.90 Å². The Balaban J connectivity index is 1.57. The van der Waals surface area contributed by atoms with Gasteiger partial charge in [-0.25, -0.2) is 4.79 Å². The van der Waals surface area contributed by atoms with Gasteiger partial charge in [0, 0.05) is 37.2 Å². The van der Waals surface area contributed by atoms with E-state index >= 15 is 0 Å². The number of hydrogen-bond donors (Lipinski definition) is 0. The molecular formula is C19H27BrN2O2. The predicted molar refractivity (Wildman–Crippen MR) is 98.8 cm³/mol. The molecule has 2 aliphatic rings. The zero-order chi connectivity index (χ0) is 17.3. The molecule has 4 nitrogen and oxygen atoms in total. The van der Waals surface area contributed by atoms with Crippen LogP contribution in [0.3, 0.4) is 0 Å². The Bertz CT molecular complexity index is 568. The first-order chi connectivity index (χ1) is 11.3. The lowest BCUT2D eigenvalue weighted by Gasteiger charge is -2.45. The summed E-state index contributed by atoms with van der Waals surface area (Å²) in [5, 5.41) is 0. The highest BCUT2D eigenvalue weighted by Crippen LogP contribution is 2.30. The summed E-state index contributed by atoms with van der Waals surface area (Å²) in [4.78, 5) is 16.8. The summed E-state index contributed by atoms with van der Waals surface area (Å²) in [7, 11) is 0. The maximum atomic E-state index is 12.3. The third kappa shape index (κ3) is 4.73. The van der Waals surface area contributed by atoms with E-state index in [1.165, 1.54) is 12.0 Å². The first-order valence-electron chi connectivity index (χ1n) is 8.73. The van der Waals surface area contributed by atoms with Gasteiger partial charge < -0.3 is 9.64 Å². The van der Waals surface area contributed by atoms with E-state index in [4.69, 9.17) is 4.74 Å². The quantitative estimate of drug-likeness (QED) is 0.755. The number of piperidine rings is 2. The van der Waals surface area contributed by atoms with Crippen LogP contribution in [0.4, 0.5) is 4.79 Å². The van der Waals surface area contributed by atoms with Crippen LogP contribution < -0.4 is 0 Å². The highest BCUT2D eigenvalue weighted by atomic mass is 79.9. The molecule has 0 saturated carbocycles. The van der Waals surface area contributed by atoms with Gasteiger partial charge in [0.05, 0.1) is 0 Å². The number of amides is 1. The summed E-state index contributed by atoms with van der Waals surface area (Å²) in [5.74, 6) is 1.11. The van der Waals surface area contributed by atoms with E-state index in [0.717, 1.165) is 37.2 Å². The number of carbonyl (C=O) groups is 1. The summed E-state index contributed by atoms with van der Waals surface area (Å²) >= 11 is 3.49. The van der Waals surface area contributed by atoms with Crippen molar-refractivity contribution < 1.29 is 9.53 Å². The fourth-order valence-corrected chi connectivity index (χ4v) is 4.10. The number of halogens is 1. The topological polar surface area (TPSA) is 32.8 Å². The lowest BCUT2D eigenvalue weighted by molar-refractivity contribution is -0.0108. The normalized spacial score (nSPS) is 24.8. The molecule has 0 spiro atoms. The van der Waals surface area contributed by atoms with Crippen LogP contribution in [0.1, 0.15) is 32.8 Å². The second kappa shape index (κ2) is 7.04. The number of rotatable bonds is 2. The smallest absolute Gasteiger partial charge is 0.410 e. The van der Waals surface area contributed by atoms with Crippen molar-refractivity contribution in [3.05, 3.63) is 34.3 Å². The van der Waals surface area contributed by atoms with Crippen LogP contribution in [0.15, 0.2) is 28.7 Å². The molecule has 1 aromatic rings. The molecule has 2 fully saturated rings. The van der Waals surface area contributed by atoms with Gasteiger partial charge >= 0.3 is 6.09 Å². The van der Waals surface area contributed by atoms with Crippen LogP contribution in [-0.2, 0) is 11.3 Å². The van der Waals surface area contributed by atoms with Gasteiger partial charge in [0.25, 0.3) is 0 Å². The van der Waals surface area contributed by atoms with Gasteiger partial charge in [0.2, 0.25) is 0 Å². The number of benzene rings is 1. The van der Waals surface area contributed by atoms with Crippen molar-refractivity contribution in [1.29, 1.82) is 0 Å². The Labute approximate surface area is 153 Å². The molecule has 2 aliphatic heterocycles. The van der Waals surface area contributed by atoms with Crippen molar-refractivity contribution in [2.24, 2.45) is 11.8 Å². The molecule has 0 radical (unpaired) electrons. The maximum Gasteiger partial charge on any atom is 0.410 e. The Morgan fingerprint density at radius 3 is 2.25 bits per heavy atom. The number of likely N-dealkylation sites (tertiary alicyclic amines) is 2. The van der Waals surface area contributed by atoms with Gasteiger partial charge in [0.15, 0.2) is 0 Å². The van der Waals surface area contributed by atoms with Crippen LogP contribution in [0.5, 0.6) is 0 Å². The molecule has 0 aromatic heterocycles. The molecular weight excluding hydrogens is 368 g/mol. The van der Waals surface area contributed by atoms with Crippen molar-refractivity contribution in [2.75, 3.05) is 26.2 Å². The predicted octanol–water partition coefficient (Wildman–Crippen LogP) is 4.14. The molecule has 3 rings (SSSR count). The zero-order valence-electron chi connectivity index (χ0n) is 14.8. The average molecular weight is 395 g/mol. The Kier molecular flexibility index (Phi) is 5.21. The minimum atomic E-state index is -0.419. The van der Waals surface area contributed by atoms with E-state index in [1.54, 1.807) is 0 Å². The van der Waals surface area contributed by atoms with Crippen molar-refractivity contribution in [3.8, 4) is 0 Å². The molecule has 24 heavy (non-hydrogen) atoms. The number of hydrogen-bond acceptors (Lipinski definition) is 3. The molecule has 2 saturated heterocycles. The fourth-order valence-electron chi connectivity index (χ4n) is 3.84. The van der Waals surface area contributed by atoms with Crippen LogP contribution >= 0.6 is 15.9 Å². The van der Waals surface area contributed by atoms with Crippen LogP contribution in [0.25, 0.3) is 0 Å². The third-order valence-electron chi connectivity index (χ3n) is 4.63. The maximum absolute atomic E-state index is 12.3. The minimum Gasteiger partial charge on any atom is -0.444 e. The Morgan fingerprint density at radius 1 is 1.12 bits per heavy atom. The van der Waals surface area contributed by atoms with Crippen LogP contribution in [0, 0.1) is 11.8 Å². The number of fused-ring (bicyclic) bond motifs is 2. The molecule has 2 bridgehead atoms. The highest BCUT2D eigenvalue weighted by molar-refractivity contribution is 9.10. The Morgan fingerprint density at radius 2 is 1.71 bits per heavy atom. The van der Waals surface area contributed by atoms with Crippen molar-refractivity contribution >= 4 is 22.0 Å². The lowest BCUT2D eigenvalue weighted by Crippen LogP contribution is -2.54. The summed E-state index contributed by atoms with van der Waals surface area (Å²) in [6, 6.07) is 8.57. The van der Waals surface area contributed by atoms with E-state index in [1.807, 2.05) is 25.7 Å². The molecule has 1 aromatic carbocycles. The van der Waals surface area contributed by atoms with Crippen molar-refractivity contribution in [3.63, 3.8) is 0 Å². The standard InChI is InChI=1S/C19H27BrN2O2/c1-19(2,3)24-18(23)22-12-15-8-16(13-22)11-21(10-15)9-14-4-6-17(20)7-5-14/h4-7,15-16H,8-13H2,1-3H3. The number of nitrogens with zero attached hydrogens (tertiary/aromatic N) is 2. The van der Waals surface area contributed by atoms with Gasteiger partial charge in [0.1, 0.15) is 5.60 Å². The van der Waals surface area contributed by atoms with E-state index < -0.39 is 5.60 Å². The first-order valence-corrected chi connectivity index (χ1v) is 9.52. The minimum absolute atomic E-state index is 0.154. The third-order valence-corrected chi connectivity index (χ3v) is 5.16. The second-order valence-electron chi connectivity index (χ2n) is 8.17. The molecule has 1 amide bonds. The number of carbonyl (C=O) groups excluding carboxylic acids is 1. The lowest BCUT2D eigenvalue weighted by atomic mass is 9.84. The van der Waals surface area contributed by atoms with Gasteiger partial charge in [-0.15, -0.1) is 0 Å². The Hall–Kier alpha value is -1.07. The average Bonchev–Trinajstić information content (AvgIpc) is 2.47. The van der Waals surface area contributed by atoms with Crippen LogP contribution in [-0.4, -0.2) is 47.7 Å². The van der Waals surface area contributed by atoms with Gasteiger partial charge in [-0.1, -0.05) is 28.1 Å². The monoisotopic (exact) mass is 394 g/mol. The van der Waals surface area contributed by atoms with E-state index in [2.05, 4.69) is 45.1 Å². The molecule has 0 aliphatic carbocycles. The van der Waals surface area contributed by atoms with E-state index in [0.29, 0.717) is 11.8 Å². The summed E-state index contributed by atoms with van der Waals surface area (Å²) in [6.07, 6.45) is 1.08. The fraction of sp³-hybridized carbons (Fsp3) is 0.632. The second-order valence-corrected chi connectivity index (χ2v) is 9.09. The molecule has 2 unspecified atom stereocenters. The molecule has 2 heterocycles. The van der Waals surface area contributed by atoms with Gasteiger partial charge in [-0.2, -0.15) is 0 Å². The van der Waals surface area contributed by atoms with Crippen LogP contribution in [0.2, 0.25) is 0 Å². The van der Waals surface area contributed by atoms with E-state index in [9.17, 15) is 4.79 Å². The molecule has 132 valence electrons. The highest BCUT2D eigenvalue weighted by Gasteiger charge is 2.37. The zero-order valence-corrected chi connectivity index (χ0v) is 16.4. The number of ether oxygens (including phenoxy) is 1. The largest absolute Gasteiger partial charge is 0.444 e. The molecule has 2 atom stereocenters. The molecule has 0 N–H and O–H groups in total. The SMILES string of the molecule is CC(C)(C)OC(=O)N1CC2CC(CN(Cc3ccc(Br)cc3)C2)C1. The van der Waals surface area contributed by atoms with Gasteiger partial charge in [-0.05, 0) is 56.7 Å². The molecule has 5 heteroatoms. The van der Waals surface area contributed by atoms with Crippen molar-refractivity contribution in [2.45, 2.75) is 39.3 Å². The van der Waals surface area contributed by atoms with Crippen molar-refractivity contribution in [1.82, 2.24) is 9.80 Å². The van der Waals surface area contributed by atoms with E-state index in [-0.39, 0.29) is 6.09 Å². The first kappa shape index (κ1) is 17.7. The summed E-state index contributed by atoms with van der Waals surface area (Å²) in [5.41, 5.74) is 0.930. The summed E-state index contributed by atoms with van der Waals surface area (Å²) < 4.78 is 6.67. The summed E-state index contributed by atoms with van der Waals surface area (Å²) in [6.45, 7) is 10.5.